The summed E-state index contributed by atoms with van der Waals surface area (Å²) in [4.78, 5) is 14.3. The molecule has 1 amide bonds. The molecule has 0 spiro atoms. The molecule has 0 unspecified atom stereocenters. The van der Waals surface area contributed by atoms with Crippen molar-refractivity contribution in [3.05, 3.63) is 53.6 Å². The first-order chi connectivity index (χ1) is 13.8. The van der Waals surface area contributed by atoms with Crippen molar-refractivity contribution in [2.45, 2.75) is 43.9 Å². The van der Waals surface area contributed by atoms with Crippen molar-refractivity contribution in [3.8, 4) is 5.75 Å². The summed E-state index contributed by atoms with van der Waals surface area (Å²) >= 11 is 0. The molecule has 3 rings (SSSR count). The average Bonchev–Trinajstić information content (AvgIpc) is 3.23. The Balaban J connectivity index is 1.75. The third-order valence-electron chi connectivity index (χ3n) is 5.16. The van der Waals surface area contributed by atoms with E-state index in [0.29, 0.717) is 17.9 Å². The van der Waals surface area contributed by atoms with E-state index in [1.165, 1.54) is 7.11 Å². The van der Waals surface area contributed by atoms with Crippen LogP contribution in [0.3, 0.4) is 0 Å². The number of carbonyl (C=O) groups is 1. The molecule has 0 radical (unpaired) electrons. The second-order valence-electron chi connectivity index (χ2n) is 7.63. The summed E-state index contributed by atoms with van der Waals surface area (Å²) in [6.45, 7) is 5.67. The van der Waals surface area contributed by atoms with Crippen LogP contribution in [0.4, 0.5) is 5.69 Å². The molecule has 1 N–H and O–H groups in total. The molecule has 0 bridgehead atoms. The Morgan fingerprint density at radius 3 is 2.34 bits per heavy atom. The van der Waals surface area contributed by atoms with Crippen LogP contribution in [-0.2, 0) is 21.2 Å². The zero-order chi connectivity index (χ0) is 21.0. The van der Waals surface area contributed by atoms with Crippen LogP contribution in [0.5, 0.6) is 5.75 Å². The second-order valence-corrected chi connectivity index (χ2v) is 9.28. The van der Waals surface area contributed by atoms with Crippen molar-refractivity contribution in [3.63, 3.8) is 0 Å². The number of methoxy groups -OCH3 is 1. The van der Waals surface area contributed by atoms with E-state index in [1.807, 2.05) is 24.8 Å². The number of ether oxygens (including phenoxy) is 1. The number of benzene rings is 2. The molecule has 29 heavy (non-hydrogen) atoms. The number of hydrogen-bond acceptors (Lipinski definition) is 4. The highest BCUT2D eigenvalue weighted by Gasteiger charge is 2.21. The Bertz CT molecular complexity index is 963. The fourth-order valence-corrected chi connectivity index (χ4v) is 4.68. The lowest BCUT2D eigenvalue weighted by Gasteiger charge is -2.16. The number of hydrogen-bond donors (Lipinski definition) is 1. The van der Waals surface area contributed by atoms with Gasteiger partial charge in [0.2, 0.25) is 5.91 Å². The Morgan fingerprint density at radius 1 is 1.10 bits per heavy atom. The van der Waals surface area contributed by atoms with Gasteiger partial charge < -0.3 is 9.64 Å². The van der Waals surface area contributed by atoms with Gasteiger partial charge in [-0.3, -0.25) is 9.52 Å². The normalized spacial score (nSPS) is 14.3. The third-order valence-corrected chi connectivity index (χ3v) is 6.57. The average molecular weight is 417 g/mol. The van der Waals surface area contributed by atoms with Gasteiger partial charge in [-0.2, -0.15) is 0 Å². The van der Waals surface area contributed by atoms with Crippen molar-refractivity contribution in [2.24, 2.45) is 0 Å². The first kappa shape index (κ1) is 21.2. The minimum Gasteiger partial charge on any atom is -0.495 e. The Labute approximate surface area is 172 Å². The molecule has 1 saturated heterocycles. The Morgan fingerprint density at radius 2 is 1.76 bits per heavy atom. The van der Waals surface area contributed by atoms with Crippen LogP contribution in [0.1, 0.15) is 43.7 Å². The second kappa shape index (κ2) is 8.86. The van der Waals surface area contributed by atoms with Crippen molar-refractivity contribution in [2.75, 3.05) is 24.9 Å². The molecule has 1 heterocycles. The van der Waals surface area contributed by atoms with Crippen LogP contribution >= 0.6 is 0 Å². The van der Waals surface area contributed by atoms with Gasteiger partial charge in [-0.1, -0.05) is 32.0 Å². The van der Waals surface area contributed by atoms with Gasteiger partial charge in [0.05, 0.1) is 13.5 Å². The van der Waals surface area contributed by atoms with Crippen LogP contribution in [0.2, 0.25) is 0 Å². The molecular formula is C22H28N2O4S. The number of nitrogens with one attached hydrogen (secondary N) is 1. The minimum atomic E-state index is -3.81. The monoisotopic (exact) mass is 416 g/mol. The van der Waals surface area contributed by atoms with Gasteiger partial charge in [0.1, 0.15) is 10.6 Å². The minimum absolute atomic E-state index is 0.111. The first-order valence-electron chi connectivity index (χ1n) is 9.87. The summed E-state index contributed by atoms with van der Waals surface area (Å²) < 4.78 is 33.7. The molecule has 0 aromatic heterocycles. The van der Waals surface area contributed by atoms with E-state index >= 15 is 0 Å². The number of amides is 1. The van der Waals surface area contributed by atoms with E-state index in [9.17, 15) is 13.2 Å². The van der Waals surface area contributed by atoms with E-state index in [1.54, 1.807) is 36.4 Å². The molecule has 156 valence electrons. The Hall–Kier alpha value is -2.54. The molecule has 2 aromatic rings. The summed E-state index contributed by atoms with van der Waals surface area (Å²) in [5.74, 6) is 0.614. The van der Waals surface area contributed by atoms with E-state index in [-0.39, 0.29) is 16.7 Å². The quantitative estimate of drug-likeness (QED) is 0.745. The van der Waals surface area contributed by atoms with E-state index < -0.39 is 10.0 Å². The van der Waals surface area contributed by atoms with Crippen LogP contribution < -0.4 is 9.46 Å². The molecule has 0 saturated carbocycles. The van der Waals surface area contributed by atoms with Gasteiger partial charge in [0.15, 0.2) is 0 Å². The third kappa shape index (κ3) is 5.09. The van der Waals surface area contributed by atoms with E-state index in [0.717, 1.165) is 37.1 Å². The molecule has 2 aromatic carbocycles. The smallest absolute Gasteiger partial charge is 0.265 e. The number of rotatable bonds is 7. The lowest BCUT2D eigenvalue weighted by Crippen LogP contribution is -2.29. The molecule has 0 aliphatic carbocycles. The molecular weight excluding hydrogens is 388 g/mol. The lowest BCUT2D eigenvalue weighted by atomic mass is 10.0. The fourth-order valence-electron chi connectivity index (χ4n) is 3.42. The van der Waals surface area contributed by atoms with Crippen LogP contribution in [0.15, 0.2) is 47.4 Å². The Kier molecular flexibility index (Phi) is 6.47. The summed E-state index contributed by atoms with van der Waals surface area (Å²) in [6.07, 6.45) is 2.46. The van der Waals surface area contributed by atoms with Crippen LogP contribution in [0, 0.1) is 0 Å². The fraction of sp³-hybridized carbons (Fsp3) is 0.409. The van der Waals surface area contributed by atoms with Crippen molar-refractivity contribution in [1.82, 2.24) is 4.90 Å². The predicted molar refractivity (Wildman–Crippen MR) is 114 cm³/mol. The predicted octanol–water partition coefficient (Wildman–Crippen LogP) is 3.78. The maximum atomic E-state index is 12.9. The maximum absolute atomic E-state index is 12.9. The highest BCUT2D eigenvalue weighted by atomic mass is 32.2. The van der Waals surface area contributed by atoms with Crippen molar-refractivity contribution < 1.29 is 17.9 Å². The van der Waals surface area contributed by atoms with E-state index in [4.69, 9.17) is 4.74 Å². The molecule has 1 aliphatic rings. The summed E-state index contributed by atoms with van der Waals surface area (Å²) in [6, 6.07) is 12.1. The summed E-state index contributed by atoms with van der Waals surface area (Å²) in [5.41, 5.74) is 2.23. The number of anilines is 1. The maximum Gasteiger partial charge on any atom is 0.265 e. The standard InChI is InChI=1S/C22H28N2O4S/c1-16(2)18-8-11-20(28-3)21(15-18)29(26,27)23-19-9-6-17(7-10-19)14-22(25)24-12-4-5-13-24/h6-11,15-16,23H,4-5,12-14H2,1-3H3. The van der Waals surface area contributed by atoms with Gasteiger partial charge in [-0.05, 0) is 54.2 Å². The molecule has 7 heteroatoms. The topological polar surface area (TPSA) is 75.7 Å². The number of nitrogens with zero attached hydrogens (tertiary/aromatic N) is 1. The zero-order valence-corrected chi connectivity index (χ0v) is 18.0. The highest BCUT2D eigenvalue weighted by Crippen LogP contribution is 2.29. The van der Waals surface area contributed by atoms with Gasteiger partial charge in [-0.15, -0.1) is 0 Å². The molecule has 1 aliphatic heterocycles. The first-order valence-corrected chi connectivity index (χ1v) is 11.4. The number of sulfonamides is 1. The van der Waals surface area contributed by atoms with Crippen LogP contribution in [0.25, 0.3) is 0 Å². The highest BCUT2D eigenvalue weighted by molar-refractivity contribution is 7.92. The van der Waals surface area contributed by atoms with Crippen LogP contribution in [-0.4, -0.2) is 39.4 Å². The van der Waals surface area contributed by atoms with Gasteiger partial charge in [0.25, 0.3) is 10.0 Å². The SMILES string of the molecule is COc1ccc(C(C)C)cc1S(=O)(=O)Nc1ccc(CC(=O)N2CCCC2)cc1. The van der Waals surface area contributed by atoms with Crippen molar-refractivity contribution in [1.29, 1.82) is 0 Å². The number of carbonyl (C=O) groups excluding carboxylic acids is 1. The lowest BCUT2D eigenvalue weighted by molar-refractivity contribution is -0.129. The molecule has 6 nitrogen and oxygen atoms in total. The zero-order valence-electron chi connectivity index (χ0n) is 17.1. The van der Waals surface area contributed by atoms with Gasteiger partial charge in [-0.25, -0.2) is 8.42 Å². The summed E-state index contributed by atoms with van der Waals surface area (Å²) in [7, 11) is -2.36. The van der Waals surface area contributed by atoms with Crippen molar-refractivity contribution >= 4 is 21.6 Å². The largest absolute Gasteiger partial charge is 0.495 e. The number of likely N-dealkylation sites (tertiary alicyclic amines) is 1. The van der Waals surface area contributed by atoms with Gasteiger partial charge >= 0.3 is 0 Å². The molecule has 1 fully saturated rings. The molecule has 0 atom stereocenters. The van der Waals surface area contributed by atoms with Gasteiger partial charge in [0, 0.05) is 18.8 Å². The van der Waals surface area contributed by atoms with E-state index in [2.05, 4.69) is 4.72 Å². The summed E-state index contributed by atoms with van der Waals surface area (Å²) in [5, 5.41) is 0.